The fourth-order valence-corrected chi connectivity index (χ4v) is 4.45. The van der Waals surface area contributed by atoms with Crippen molar-refractivity contribution in [2.45, 2.75) is 13.0 Å². The molecule has 0 bridgehead atoms. The first-order valence-corrected chi connectivity index (χ1v) is 10.9. The summed E-state index contributed by atoms with van der Waals surface area (Å²) in [6.45, 7) is 1.68. The predicted molar refractivity (Wildman–Crippen MR) is 130 cm³/mol. The normalized spacial score (nSPS) is 17.2. The van der Waals surface area contributed by atoms with Crippen LogP contribution < -0.4 is 14.4 Å². The highest BCUT2D eigenvalue weighted by Crippen LogP contribution is 2.47. The summed E-state index contributed by atoms with van der Waals surface area (Å²) >= 11 is 0. The lowest BCUT2D eigenvalue weighted by Gasteiger charge is -2.25. The second-order valence-electron chi connectivity index (χ2n) is 8.11. The Morgan fingerprint density at radius 1 is 0.971 bits per heavy atom. The number of ketones is 1. The van der Waals surface area contributed by atoms with Gasteiger partial charge in [0.2, 0.25) is 0 Å². The molecule has 8 heteroatoms. The number of ether oxygens (including phenoxy) is 2. The summed E-state index contributed by atoms with van der Waals surface area (Å²) in [7, 11) is 2.96. The van der Waals surface area contributed by atoms with Crippen molar-refractivity contribution in [3.8, 4) is 11.5 Å². The number of aryl methyl sites for hydroxylation is 1. The predicted octanol–water partition coefficient (Wildman–Crippen LogP) is 4.78. The molecular formula is C27H22N2O6. The van der Waals surface area contributed by atoms with Crippen LogP contribution in [0.1, 0.15) is 22.9 Å². The van der Waals surface area contributed by atoms with Crippen molar-refractivity contribution >= 4 is 34.0 Å². The third-order valence-corrected chi connectivity index (χ3v) is 6.06. The van der Waals surface area contributed by atoms with Crippen molar-refractivity contribution in [2.75, 3.05) is 19.1 Å². The van der Waals surface area contributed by atoms with E-state index in [2.05, 4.69) is 5.16 Å². The van der Waals surface area contributed by atoms with Gasteiger partial charge in [-0.3, -0.25) is 14.5 Å². The van der Waals surface area contributed by atoms with E-state index in [1.165, 1.54) is 19.1 Å². The van der Waals surface area contributed by atoms with Crippen LogP contribution in [-0.4, -0.2) is 36.2 Å². The summed E-state index contributed by atoms with van der Waals surface area (Å²) in [5.74, 6) is -0.618. The smallest absolute Gasteiger partial charge is 0.301 e. The summed E-state index contributed by atoms with van der Waals surface area (Å²) in [5, 5.41) is 17.3. The Kier molecular flexibility index (Phi) is 5.49. The van der Waals surface area contributed by atoms with Gasteiger partial charge in [0, 0.05) is 17.2 Å². The number of benzene rings is 3. The highest BCUT2D eigenvalue weighted by molar-refractivity contribution is 6.51. The van der Waals surface area contributed by atoms with E-state index in [4.69, 9.17) is 14.0 Å². The van der Waals surface area contributed by atoms with Gasteiger partial charge in [-0.15, -0.1) is 0 Å². The van der Waals surface area contributed by atoms with Crippen LogP contribution in [0.3, 0.4) is 0 Å². The molecule has 0 unspecified atom stereocenters. The van der Waals surface area contributed by atoms with Gasteiger partial charge in [0.25, 0.3) is 5.78 Å². The Morgan fingerprint density at radius 2 is 1.74 bits per heavy atom. The number of fused-ring (bicyclic) bond motifs is 1. The van der Waals surface area contributed by atoms with Crippen LogP contribution in [0.4, 0.5) is 5.82 Å². The number of carbonyl (C=O) groups excluding carboxylic acids is 2. The highest BCUT2D eigenvalue weighted by atomic mass is 16.5. The van der Waals surface area contributed by atoms with E-state index in [9.17, 15) is 14.7 Å². The van der Waals surface area contributed by atoms with Gasteiger partial charge in [-0.05, 0) is 29.8 Å². The fourth-order valence-electron chi connectivity index (χ4n) is 4.45. The van der Waals surface area contributed by atoms with E-state index in [1.54, 1.807) is 43.3 Å². The Hall–Kier alpha value is -4.59. The molecule has 1 aromatic heterocycles. The Labute approximate surface area is 201 Å². The van der Waals surface area contributed by atoms with E-state index in [0.29, 0.717) is 28.4 Å². The zero-order chi connectivity index (χ0) is 24.7. The largest absolute Gasteiger partial charge is 0.507 e. The molecule has 5 rings (SSSR count). The maximum absolute atomic E-state index is 13.4. The molecule has 1 saturated heterocycles. The number of Topliss-reactive ketones (excluding diaryl/α,β-unsaturated/α-hetero) is 1. The standard InChI is InChI=1S/C27H22N2O6/c1-15-13-21(28-35-15)29-23(19-9-6-10-20(33-2)26(19)34-3)22(25(31)27(29)32)24(30)18-12-11-16-7-4-5-8-17(16)14-18/h4-14,23,30H,1-3H3/b24-22+/t23-/m1/s1. The highest BCUT2D eigenvalue weighted by Gasteiger charge is 2.49. The van der Waals surface area contributed by atoms with Crippen LogP contribution >= 0.6 is 0 Å². The summed E-state index contributed by atoms with van der Waals surface area (Å²) in [4.78, 5) is 27.9. The molecule has 0 radical (unpaired) electrons. The van der Waals surface area contributed by atoms with Crippen molar-refractivity contribution in [2.24, 2.45) is 0 Å². The van der Waals surface area contributed by atoms with Gasteiger partial charge in [0.1, 0.15) is 17.6 Å². The minimum Gasteiger partial charge on any atom is -0.507 e. The summed E-state index contributed by atoms with van der Waals surface area (Å²) in [6, 6.07) is 18.7. The van der Waals surface area contributed by atoms with Gasteiger partial charge in [0.15, 0.2) is 17.3 Å². The summed E-state index contributed by atoms with van der Waals surface area (Å²) < 4.78 is 16.2. The van der Waals surface area contributed by atoms with Crippen LogP contribution in [0.2, 0.25) is 0 Å². The topological polar surface area (TPSA) is 102 Å². The van der Waals surface area contributed by atoms with Crippen LogP contribution in [-0.2, 0) is 9.59 Å². The number of para-hydroxylation sites is 1. The van der Waals surface area contributed by atoms with Crippen molar-refractivity contribution in [1.82, 2.24) is 5.16 Å². The number of amides is 1. The van der Waals surface area contributed by atoms with Gasteiger partial charge in [0.05, 0.1) is 19.8 Å². The first-order chi connectivity index (χ1) is 16.9. The average molecular weight is 470 g/mol. The van der Waals surface area contributed by atoms with E-state index < -0.39 is 17.7 Å². The molecule has 4 aromatic rings. The quantitative estimate of drug-likeness (QED) is 0.254. The lowest BCUT2D eigenvalue weighted by molar-refractivity contribution is -0.132. The van der Waals surface area contributed by atoms with Crippen molar-refractivity contribution < 1.29 is 28.7 Å². The fraction of sp³-hybridized carbons (Fsp3) is 0.148. The van der Waals surface area contributed by atoms with E-state index >= 15 is 0 Å². The monoisotopic (exact) mass is 470 g/mol. The molecule has 35 heavy (non-hydrogen) atoms. The molecule has 1 amide bonds. The number of anilines is 1. The Balaban J connectivity index is 1.78. The zero-order valence-corrected chi connectivity index (χ0v) is 19.3. The molecule has 0 saturated carbocycles. The maximum atomic E-state index is 13.4. The Bertz CT molecular complexity index is 1500. The van der Waals surface area contributed by atoms with Gasteiger partial charge >= 0.3 is 5.91 Å². The Morgan fingerprint density at radius 3 is 2.43 bits per heavy atom. The van der Waals surface area contributed by atoms with Gasteiger partial charge < -0.3 is 19.1 Å². The van der Waals surface area contributed by atoms with Crippen LogP contribution in [0.5, 0.6) is 11.5 Å². The second-order valence-corrected chi connectivity index (χ2v) is 8.11. The first kappa shape index (κ1) is 22.2. The molecule has 2 heterocycles. The molecule has 1 aliphatic rings. The molecule has 1 atom stereocenters. The minimum absolute atomic E-state index is 0.0857. The number of aliphatic hydroxyl groups is 1. The van der Waals surface area contributed by atoms with Crippen LogP contribution in [0.15, 0.2) is 76.8 Å². The van der Waals surface area contributed by atoms with Crippen molar-refractivity contribution in [3.63, 3.8) is 0 Å². The number of aromatic nitrogens is 1. The van der Waals surface area contributed by atoms with Crippen molar-refractivity contribution in [3.05, 3.63) is 89.2 Å². The average Bonchev–Trinajstić information content (AvgIpc) is 3.42. The second kappa shape index (κ2) is 8.64. The summed E-state index contributed by atoms with van der Waals surface area (Å²) in [6.07, 6.45) is 0. The number of methoxy groups -OCH3 is 2. The van der Waals surface area contributed by atoms with E-state index in [-0.39, 0.29) is 17.2 Å². The maximum Gasteiger partial charge on any atom is 0.301 e. The first-order valence-electron chi connectivity index (χ1n) is 10.9. The number of aliphatic hydroxyl groups excluding tert-OH is 1. The molecular weight excluding hydrogens is 448 g/mol. The van der Waals surface area contributed by atoms with E-state index in [0.717, 1.165) is 10.8 Å². The lowest BCUT2D eigenvalue weighted by atomic mass is 9.93. The molecule has 176 valence electrons. The molecule has 0 spiro atoms. The molecule has 3 aromatic carbocycles. The number of hydrogen-bond acceptors (Lipinski definition) is 7. The lowest BCUT2D eigenvalue weighted by Crippen LogP contribution is -2.30. The number of hydrogen-bond donors (Lipinski definition) is 1. The zero-order valence-electron chi connectivity index (χ0n) is 19.3. The third-order valence-electron chi connectivity index (χ3n) is 6.06. The number of carbonyl (C=O) groups is 2. The third kappa shape index (κ3) is 3.59. The molecule has 1 fully saturated rings. The van der Waals surface area contributed by atoms with E-state index in [1.807, 2.05) is 30.3 Å². The van der Waals surface area contributed by atoms with Crippen molar-refractivity contribution in [1.29, 1.82) is 0 Å². The number of nitrogens with zero attached hydrogens (tertiary/aromatic N) is 2. The molecule has 1 N–H and O–H groups in total. The summed E-state index contributed by atoms with van der Waals surface area (Å²) in [5.41, 5.74) is 0.774. The number of rotatable bonds is 5. The minimum atomic E-state index is -1.03. The molecule has 0 aliphatic carbocycles. The van der Waals surface area contributed by atoms with Gasteiger partial charge in [-0.25, -0.2) is 0 Å². The van der Waals surface area contributed by atoms with Gasteiger partial charge in [-0.2, -0.15) is 0 Å². The van der Waals surface area contributed by atoms with Gasteiger partial charge in [-0.1, -0.05) is 53.7 Å². The molecule has 1 aliphatic heterocycles. The van der Waals surface area contributed by atoms with Crippen LogP contribution in [0, 0.1) is 6.92 Å². The molecule has 8 nitrogen and oxygen atoms in total. The SMILES string of the molecule is COc1cccc([C@@H]2/C(=C(\O)c3ccc4ccccc4c3)C(=O)C(=O)N2c2cc(C)on2)c1OC. The van der Waals surface area contributed by atoms with Crippen LogP contribution in [0.25, 0.3) is 16.5 Å².